The van der Waals surface area contributed by atoms with Gasteiger partial charge < -0.3 is 9.32 Å². The lowest BCUT2D eigenvalue weighted by Crippen LogP contribution is -2.10. The summed E-state index contributed by atoms with van der Waals surface area (Å²) >= 11 is 0. The molecule has 5 aromatic carbocycles. The highest BCUT2D eigenvalue weighted by Crippen LogP contribution is 2.44. The summed E-state index contributed by atoms with van der Waals surface area (Å²) in [5.74, 6) is 0. The van der Waals surface area contributed by atoms with Gasteiger partial charge in [-0.25, -0.2) is 0 Å². The van der Waals surface area contributed by atoms with E-state index in [2.05, 4.69) is 80.5 Å². The molecule has 0 aliphatic heterocycles. The Morgan fingerprint density at radius 3 is 1.65 bits per heavy atom. The minimum atomic E-state index is -4.65. The number of anilines is 3. The van der Waals surface area contributed by atoms with Crippen LogP contribution in [0.1, 0.15) is 5.56 Å². The largest absolute Gasteiger partial charge is 0.454 e. The van der Waals surface area contributed by atoms with E-state index in [4.69, 9.17) is 14.4 Å². The van der Waals surface area contributed by atoms with Crippen LogP contribution in [0.3, 0.4) is 0 Å². The molecule has 6 aromatic heterocycles. The molecule has 11 rings (SSSR count). The van der Waals surface area contributed by atoms with Gasteiger partial charge in [0.2, 0.25) is 0 Å². The number of furan rings is 1. The molecular weight excluding hydrogens is 758 g/mol. The monoisotopic (exact) mass is 786 g/mol. The van der Waals surface area contributed by atoms with E-state index < -0.39 is 11.7 Å². The summed E-state index contributed by atoms with van der Waals surface area (Å²) < 4.78 is 49.8. The van der Waals surface area contributed by atoms with Crippen LogP contribution in [0, 0.1) is 0 Å². The summed E-state index contributed by atoms with van der Waals surface area (Å²) in [6, 6.07) is 43.0. The summed E-state index contributed by atoms with van der Waals surface area (Å²) in [4.78, 5) is 24.2. The SMILES string of the molecule is FC(F)(F)c1cnc2c(oc3ccccc32)c1-c1ccc2cc(N(c3ccc(-c4cc5ccncc5cn4)cc3)c3ccc(-c4cc5ccncc5cn4)cc3)ccc2c1. The van der Waals surface area contributed by atoms with E-state index >= 15 is 0 Å². The zero-order valence-electron chi connectivity index (χ0n) is 31.5. The van der Waals surface area contributed by atoms with Crippen LogP contribution < -0.4 is 4.90 Å². The smallest absolute Gasteiger partial charge is 0.418 e. The first-order valence-corrected chi connectivity index (χ1v) is 19.2. The van der Waals surface area contributed by atoms with Crippen LogP contribution in [0.4, 0.5) is 30.2 Å². The van der Waals surface area contributed by atoms with Crippen molar-refractivity contribution >= 4 is 71.4 Å². The maximum absolute atomic E-state index is 14.6. The van der Waals surface area contributed by atoms with E-state index in [0.29, 0.717) is 22.0 Å². The lowest BCUT2D eigenvalue weighted by atomic mass is 9.96. The maximum Gasteiger partial charge on any atom is 0.418 e. The summed E-state index contributed by atoms with van der Waals surface area (Å²) in [6.07, 6.45) is 7.07. The highest BCUT2D eigenvalue weighted by molar-refractivity contribution is 6.08. The number of aromatic nitrogens is 5. The molecule has 0 aliphatic carbocycles. The molecule has 0 fully saturated rings. The molecule has 0 radical (unpaired) electrons. The molecule has 286 valence electrons. The minimum absolute atomic E-state index is 0.0355. The summed E-state index contributed by atoms with van der Waals surface area (Å²) in [5, 5.41) is 6.32. The Labute approximate surface area is 340 Å². The topological polar surface area (TPSA) is 80.8 Å². The van der Waals surface area contributed by atoms with E-state index in [1.807, 2.05) is 54.9 Å². The Morgan fingerprint density at radius 1 is 0.467 bits per heavy atom. The van der Waals surface area contributed by atoms with Gasteiger partial charge in [-0.3, -0.25) is 24.9 Å². The van der Waals surface area contributed by atoms with Gasteiger partial charge in [0.1, 0.15) is 11.1 Å². The molecule has 0 unspecified atom stereocenters. The Hall–Kier alpha value is -7.98. The van der Waals surface area contributed by atoms with Gasteiger partial charge in [0.05, 0.1) is 17.0 Å². The van der Waals surface area contributed by atoms with Crippen molar-refractivity contribution in [2.24, 2.45) is 0 Å². The molecule has 0 atom stereocenters. The Morgan fingerprint density at radius 2 is 1.02 bits per heavy atom. The van der Waals surface area contributed by atoms with Crippen molar-refractivity contribution < 1.29 is 17.6 Å². The summed E-state index contributed by atoms with van der Waals surface area (Å²) in [7, 11) is 0. The fourth-order valence-corrected chi connectivity index (χ4v) is 7.96. The fourth-order valence-electron chi connectivity index (χ4n) is 7.96. The molecule has 0 bridgehead atoms. The quantitative estimate of drug-likeness (QED) is 0.166. The van der Waals surface area contributed by atoms with Crippen molar-refractivity contribution in [2.75, 3.05) is 4.90 Å². The van der Waals surface area contributed by atoms with Crippen molar-refractivity contribution in [1.82, 2.24) is 24.9 Å². The van der Waals surface area contributed by atoms with E-state index in [9.17, 15) is 13.2 Å². The van der Waals surface area contributed by atoms with Crippen molar-refractivity contribution in [3.05, 3.63) is 182 Å². The third-order valence-corrected chi connectivity index (χ3v) is 11.0. The Kier molecular flexibility index (Phi) is 8.12. The molecule has 7 nitrogen and oxygen atoms in total. The van der Waals surface area contributed by atoms with Crippen LogP contribution in [-0.2, 0) is 6.18 Å². The van der Waals surface area contributed by atoms with E-state index in [1.165, 1.54) is 0 Å². The third-order valence-electron chi connectivity index (χ3n) is 11.0. The number of pyridine rings is 5. The molecule has 10 heteroatoms. The highest BCUT2D eigenvalue weighted by atomic mass is 19.4. The zero-order chi connectivity index (χ0) is 40.4. The fraction of sp³-hybridized carbons (Fsp3) is 0.0200. The van der Waals surface area contributed by atoms with Crippen LogP contribution >= 0.6 is 0 Å². The molecule has 0 saturated carbocycles. The van der Waals surface area contributed by atoms with Crippen LogP contribution in [0.25, 0.3) is 88.0 Å². The van der Waals surface area contributed by atoms with Gasteiger partial charge in [0, 0.05) is 93.3 Å². The Bertz CT molecular complexity index is 3320. The van der Waals surface area contributed by atoms with Gasteiger partial charge >= 0.3 is 6.18 Å². The average Bonchev–Trinajstić information content (AvgIpc) is 3.67. The molecule has 11 aromatic rings. The van der Waals surface area contributed by atoms with Crippen LogP contribution in [0.15, 0.2) is 181 Å². The molecule has 0 N–H and O–H groups in total. The summed E-state index contributed by atoms with van der Waals surface area (Å²) in [5.41, 5.74) is 6.76. The lowest BCUT2D eigenvalue weighted by molar-refractivity contribution is -0.137. The second kappa shape index (κ2) is 13.8. The third kappa shape index (κ3) is 6.13. The first kappa shape index (κ1) is 35.2. The van der Waals surface area contributed by atoms with E-state index in [-0.39, 0.29) is 11.1 Å². The lowest BCUT2D eigenvalue weighted by Gasteiger charge is -2.26. The molecule has 0 amide bonds. The number of benzene rings is 5. The molecule has 0 spiro atoms. The summed E-state index contributed by atoms with van der Waals surface area (Å²) in [6.45, 7) is 0. The predicted octanol–water partition coefficient (Wildman–Crippen LogP) is 13.5. The van der Waals surface area contributed by atoms with E-state index in [0.717, 1.165) is 78.1 Å². The van der Waals surface area contributed by atoms with Gasteiger partial charge in [-0.2, -0.15) is 13.2 Å². The van der Waals surface area contributed by atoms with Crippen molar-refractivity contribution in [3.63, 3.8) is 0 Å². The number of alkyl halides is 3. The molecular formula is C50H29F3N6O. The second-order valence-electron chi connectivity index (χ2n) is 14.6. The van der Waals surface area contributed by atoms with Crippen molar-refractivity contribution in [3.8, 4) is 33.6 Å². The van der Waals surface area contributed by atoms with E-state index in [1.54, 1.807) is 55.1 Å². The first-order chi connectivity index (χ1) is 29.3. The van der Waals surface area contributed by atoms with Crippen LogP contribution in [0.2, 0.25) is 0 Å². The molecule has 0 saturated heterocycles. The number of nitrogens with zero attached hydrogens (tertiary/aromatic N) is 6. The van der Waals surface area contributed by atoms with Crippen molar-refractivity contribution in [2.45, 2.75) is 6.18 Å². The number of fused-ring (bicyclic) bond motifs is 6. The van der Waals surface area contributed by atoms with Gasteiger partial charge in [-0.15, -0.1) is 0 Å². The number of hydrogen-bond donors (Lipinski definition) is 0. The predicted molar refractivity (Wildman–Crippen MR) is 231 cm³/mol. The van der Waals surface area contributed by atoms with Gasteiger partial charge in [-0.05, 0) is 106 Å². The zero-order valence-corrected chi connectivity index (χ0v) is 31.5. The minimum Gasteiger partial charge on any atom is -0.454 e. The highest BCUT2D eigenvalue weighted by Gasteiger charge is 2.36. The molecule has 6 heterocycles. The van der Waals surface area contributed by atoms with Gasteiger partial charge in [0.25, 0.3) is 0 Å². The second-order valence-corrected chi connectivity index (χ2v) is 14.6. The molecule has 60 heavy (non-hydrogen) atoms. The van der Waals surface area contributed by atoms with Crippen molar-refractivity contribution in [1.29, 1.82) is 0 Å². The van der Waals surface area contributed by atoms with Crippen LogP contribution in [0.5, 0.6) is 0 Å². The Balaban J connectivity index is 1.01. The van der Waals surface area contributed by atoms with Gasteiger partial charge in [-0.1, -0.05) is 54.6 Å². The van der Waals surface area contributed by atoms with Crippen LogP contribution in [-0.4, -0.2) is 24.9 Å². The van der Waals surface area contributed by atoms with Gasteiger partial charge in [0.15, 0.2) is 5.58 Å². The molecule has 0 aliphatic rings. The number of halogens is 3. The number of para-hydroxylation sites is 1. The standard InChI is InChI=1S/C50H29F3N6O/c51-50(52,53)43-29-58-48-42-3-1-2-4-46(42)60-49(48)47(43)36-6-5-33-22-41(16-11-32(33)21-36)59(39-12-7-30(8-13-39)44-23-34-17-19-54-25-37(34)27-56-44)40-14-9-31(10-15-40)45-24-35-18-20-55-26-38(35)28-57-45/h1-29H. The number of rotatable bonds is 6. The number of hydrogen-bond acceptors (Lipinski definition) is 7. The average molecular weight is 787 g/mol. The normalized spacial score (nSPS) is 11.9. The first-order valence-electron chi connectivity index (χ1n) is 19.2. The maximum atomic E-state index is 14.6.